The van der Waals surface area contributed by atoms with Crippen LogP contribution >= 0.6 is 0 Å². The van der Waals surface area contributed by atoms with Crippen molar-refractivity contribution in [2.45, 2.75) is 6.92 Å². The number of rotatable bonds is 3. The normalized spacial score (nSPS) is 10.8. The second-order valence-electron chi connectivity index (χ2n) is 5.67. The molecule has 0 atom stereocenters. The predicted molar refractivity (Wildman–Crippen MR) is 95.0 cm³/mol. The fourth-order valence-corrected chi connectivity index (χ4v) is 2.58. The van der Waals surface area contributed by atoms with Gasteiger partial charge in [-0.25, -0.2) is 14.4 Å². The molecule has 0 aliphatic heterocycles. The highest BCUT2D eigenvalue weighted by Gasteiger charge is 2.11. The Labute approximate surface area is 143 Å². The molecule has 0 bridgehead atoms. The van der Waals surface area contributed by atoms with Crippen LogP contribution in [0.15, 0.2) is 61.2 Å². The van der Waals surface area contributed by atoms with Crippen LogP contribution in [0.4, 0.5) is 15.9 Å². The van der Waals surface area contributed by atoms with Crippen molar-refractivity contribution in [1.29, 1.82) is 0 Å². The van der Waals surface area contributed by atoms with Crippen LogP contribution in [0.2, 0.25) is 0 Å². The molecule has 4 aromatic rings. The van der Waals surface area contributed by atoms with Crippen LogP contribution in [-0.4, -0.2) is 19.9 Å². The molecule has 0 saturated heterocycles. The lowest BCUT2D eigenvalue weighted by Crippen LogP contribution is -2.00. The van der Waals surface area contributed by atoms with Gasteiger partial charge in [-0.15, -0.1) is 0 Å². The van der Waals surface area contributed by atoms with Gasteiger partial charge in [0, 0.05) is 29.5 Å². The van der Waals surface area contributed by atoms with Crippen LogP contribution in [0.25, 0.3) is 22.3 Å². The van der Waals surface area contributed by atoms with Crippen LogP contribution in [0, 0.1) is 12.7 Å². The maximum Gasteiger partial charge on any atom is 0.163 e. The number of nitrogens with zero attached hydrogens (tertiary/aromatic N) is 4. The van der Waals surface area contributed by atoms with Gasteiger partial charge < -0.3 is 5.32 Å². The zero-order chi connectivity index (χ0) is 17.2. The number of aromatic nitrogens is 4. The molecular formula is C19H14FN5. The zero-order valence-corrected chi connectivity index (χ0v) is 13.4. The summed E-state index contributed by atoms with van der Waals surface area (Å²) in [5, 5.41) is 3.83. The van der Waals surface area contributed by atoms with Gasteiger partial charge in [-0.2, -0.15) is 0 Å². The lowest BCUT2D eigenvalue weighted by molar-refractivity contribution is 0.629. The lowest BCUT2D eigenvalue weighted by Gasteiger charge is -2.11. The monoisotopic (exact) mass is 331 g/mol. The lowest BCUT2D eigenvalue weighted by atomic mass is 10.2. The quantitative estimate of drug-likeness (QED) is 0.607. The Bertz CT molecular complexity index is 1050. The van der Waals surface area contributed by atoms with E-state index in [1.165, 1.54) is 12.1 Å². The average molecular weight is 331 g/mol. The van der Waals surface area contributed by atoms with E-state index < -0.39 is 0 Å². The third-order valence-corrected chi connectivity index (χ3v) is 3.72. The van der Waals surface area contributed by atoms with Crippen molar-refractivity contribution in [2.24, 2.45) is 0 Å². The SMILES string of the molecule is Cc1cncc(Nc2nc(-c3cccnc3)nc3ccc(F)cc23)c1. The first-order chi connectivity index (χ1) is 12.2. The van der Waals surface area contributed by atoms with Crippen molar-refractivity contribution in [3.63, 3.8) is 0 Å². The van der Waals surface area contributed by atoms with Crippen LogP contribution in [0.5, 0.6) is 0 Å². The first-order valence-corrected chi connectivity index (χ1v) is 7.75. The molecule has 0 aliphatic rings. The molecule has 0 spiro atoms. The summed E-state index contributed by atoms with van der Waals surface area (Å²) in [7, 11) is 0. The number of aryl methyl sites for hydroxylation is 1. The molecule has 0 fully saturated rings. The molecule has 0 unspecified atom stereocenters. The van der Waals surface area contributed by atoms with Crippen molar-refractivity contribution in [3.05, 3.63) is 72.6 Å². The number of anilines is 2. The molecule has 1 aromatic carbocycles. The second-order valence-corrected chi connectivity index (χ2v) is 5.67. The Morgan fingerprint density at radius 3 is 2.68 bits per heavy atom. The smallest absolute Gasteiger partial charge is 0.163 e. The summed E-state index contributed by atoms with van der Waals surface area (Å²) in [5.74, 6) is 0.710. The Balaban J connectivity index is 1.89. The average Bonchev–Trinajstić information content (AvgIpc) is 2.63. The first kappa shape index (κ1) is 15.1. The maximum atomic E-state index is 13.7. The number of nitrogens with one attached hydrogen (secondary N) is 1. The van der Waals surface area contributed by atoms with Gasteiger partial charge in [-0.1, -0.05) is 0 Å². The fraction of sp³-hybridized carbons (Fsp3) is 0.0526. The molecule has 0 aliphatic carbocycles. The number of hydrogen-bond acceptors (Lipinski definition) is 5. The summed E-state index contributed by atoms with van der Waals surface area (Å²) in [6.07, 6.45) is 6.86. The van der Waals surface area contributed by atoms with Crippen LogP contribution in [0.1, 0.15) is 5.56 Å². The molecule has 4 rings (SSSR count). The van der Waals surface area contributed by atoms with Gasteiger partial charge in [-0.3, -0.25) is 9.97 Å². The summed E-state index contributed by atoms with van der Waals surface area (Å²) < 4.78 is 13.7. The number of pyridine rings is 2. The van der Waals surface area contributed by atoms with E-state index in [0.717, 1.165) is 16.8 Å². The molecule has 5 nitrogen and oxygen atoms in total. The highest BCUT2D eigenvalue weighted by atomic mass is 19.1. The van der Waals surface area contributed by atoms with Gasteiger partial charge in [0.05, 0.1) is 17.4 Å². The third-order valence-electron chi connectivity index (χ3n) is 3.72. The fourth-order valence-electron chi connectivity index (χ4n) is 2.58. The largest absolute Gasteiger partial charge is 0.338 e. The van der Waals surface area contributed by atoms with E-state index in [2.05, 4.69) is 25.3 Å². The van der Waals surface area contributed by atoms with Gasteiger partial charge in [0.25, 0.3) is 0 Å². The summed E-state index contributed by atoms with van der Waals surface area (Å²) in [5.41, 5.74) is 3.24. The minimum Gasteiger partial charge on any atom is -0.338 e. The van der Waals surface area contributed by atoms with Crippen LogP contribution < -0.4 is 5.32 Å². The summed E-state index contributed by atoms with van der Waals surface area (Å²) in [6, 6.07) is 10.1. The van der Waals surface area contributed by atoms with E-state index in [0.29, 0.717) is 22.5 Å². The van der Waals surface area contributed by atoms with Crippen molar-refractivity contribution in [2.75, 3.05) is 5.32 Å². The molecule has 0 amide bonds. The summed E-state index contributed by atoms with van der Waals surface area (Å²) >= 11 is 0. The molecule has 3 heterocycles. The summed E-state index contributed by atoms with van der Waals surface area (Å²) in [6.45, 7) is 1.96. The zero-order valence-electron chi connectivity index (χ0n) is 13.4. The van der Waals surface area contributed by atoms with Gasteiger partial charge in [0.15, 0.2) is 5.82 Å². The number of benzene rings is 1. The topological polar surface area (TPSA) is 63.6 Å². The Hall–Kier alpha value is -3.41. The van der Waals surface area contributed by atoms with E-state index in [4.69, 9.17) is 0 Å². The van der Waals surface area contributed by atoms with Crippen molar-refractivity contribution >= 4 is 22.4 Å². The Kier molecular flexibility index (Phi) is 3.78. The maximum absolute atomic E-state index is 13.7. The molecule has 0 radical (unpaired) electrons. The number of hydrogen-bond donors (Lipinski definition) is 1. The molecule has 122 valence electrons. The highest BCUT2D eigenvalue weighted by Crippen LogP contribution is 2.27. The minimum atomic E-state index is -0.337. The molecule has 3 aromatic heterocycles. The van der Waals surface area contributed by atoms with Crippen molar-refractivity contribution in [3.8, 4) is 11.4 Å². The molecule has 25 heavy (non-hydrogen) atoms. The van der Waals surface area contributed by atoms with E-state index >= 15 is 0 Å². The summed E-state index contributed by atoms with van der Waals surface area (Å²) in [4.78, 5) is 17.4. The van der Waals surface area contributed by atoms with Gasteiger partial charge in [0.1, 0.15) is 11.6 Å². The van der Waals surface area contributed by atoms with Crippen molar-refractivity contribution < 1.29 is 4.39 Å². The number of fused-ring (bicyclic) bond motifs is 1. The van der Waals surface area contributed by atoms with Gasteiger partial charge in [0.2, 0.25) is 0 Å². The minimum absolute atomic E-state index is 0.337. The standard InChI is InChI=1S/C19H14FN5/c1-12-7-15(11-22-9-12)23-19-16-8-14(20)4-5-17(16)24-18(25-19)13-3-2-6-21-10-13/h2-11H,1H3,(H,23,24,25). The van der Waals surface area contributed by atoms with Gasteiger partial charge in [-0.05, 0) is 48.9 Å². The first-order valence-electron chi connectivity index (χ1n) is 7.75. The molecular weight excluding hydrogens is 317 g/mol. The van der Waals surface area contributed by atoms with Gasteiger partial charge >= 0.3 is 0 Å². The van der Waals surface area contributed by atoms with E-state index in [1.807, 2.05) is 25.1 Å². The van der Waals surface area contributed by atoms with E-state index in [-0.39, 0.29) is 5.82 Å². The van der Waals surface area contributed by atoms with E-state index in [9.17, 15) is 4.39 Å². The molecule has 0 saturated carbocycles. The number of halogens is 1. The Morgan fingerprint density at radius 1 is 0.960 bits per heavy atom. The molecule has 6 heteroatoms. The highest BCUT2D eigenvalue weighted by molar-refractivity contribution is 5.92. The van der Waals surface area contributed by atoms with E-state index in [1.54, 1.807) is 30.9 Å². The Morgan fingerprint density at radius 2 is 1.88 bits per heavy atom. The van der Waals surface area contributed by atoms with Crippen LogP contribution in [-0.2, 0) is 0 Å². The predicted octanol–water partition coefficient (Wildman–Crippen LogP) is 4.28. The second kappa shape index (κ2) is 6.24. The molecule has 1 N–H and O–H groups in total. The van der Waals surface area contributed by atoms with Crippen molar-refractivity contribution in [1.82, 2.24) is 19.9 Å². The third kappa shape index (κ3) is 3.14. The van der Waals surface area contributed by atoms with Crippen LogP contribution in [0.3, 0.4) is 0 Å².